The molecule has 1 amide bonds. The first-order chi connectivity index (χ1) is 14.1. The number of nitrogens with two attached hydrogens (primary N) is 1. The van der Waals surface area contributed by atoms with Gasteiger partial charge < -0.3 is 15.6 Å². The summed E-state index contributed by atoms with van der Waals surface area (Å²) in [5.74, 6) is 0.193. The summed E-state index contributed by atoms with van der Waals surface area (Å²) in [6.45, 7) is 5.30. The number of unbranched alkanes of at least 4 members (excludes halogenated alkanes) is 1. The fourth-order valence-corrected chi connectivity index (χ4v) is 3.46. The van der Waals surface area contributed by atoms with Crippen molar-refractivity contribution in [2.45, 2.75) is 39.8 Å². The van der Waals surface area contributed by atoms with E-state index in [-0.39, 0.29) is 5.91 Å². The second-order valence-electron chi connectivity index (χ2n) is 7.32. The molecule has 0 saturated carbocycles. The first-order valence-electron chi connectivity index (χ1n) is 9.96. The normalized spacial score (nSPS) is 11.2. The van der Waals surface area contributed by atoms with Gasteiger partial charge in [-0.15, -0.1) is 0 Å². The van der Waals surface area contributed by atoms with Crippen molar-refractivity contribution in [3.8, 4) is 0 Å². The summed E-state index contributed by atoms with van der Waals surface area (Å²) in [6.07, 6.45) is 1.97. The van der Waals surface area contributed by atoms with Gasteiger partial charge in [0.2, 0.25) is 0 Å². The molecule has 0 aliphatic rings. The van der Waals surface area contributed by atoms with E-state index in [0.717, 1.165) is 29.4 Å². The van der Waals surface area contributed by atoms with E-state index in [9.17, 15) is 4.79 Å². The molecular weight excluding hydrogens is 362 g/mol. The Balaban J connectivity index is 1.75. The summed E-state index contributed by atoms with van der Waals surface area (Å²) in [5.41, 5.74) is 11.8. The van der Waals surface area contributed by atoms with Crippen molar-refractivity contribution in [2.75, 3.05) is 5.73 Å². The summed E-state index contributed by atoms with van der Waals surface area (Å²) >= 11 is 0. The van der Waals surface area contributed by atoms with Gasteiger partial charge in [-0.05, 0) is 31.0 Å². The van der Waals surface area contributed by atoms with Crippen molar-refractivity contribution in [3.05, 3.63) is 65.2 Å². The quantitative estimate of drug-likeness (QED) is 0.519. The number of benzene rings is 2. The molecule has 0 atom stereocenters. The zero-order valence-electron chi connectivity index (χ0n) is 16.8. The van der Waals surface area contributed by atoms with Crippen molar-refractivity contribution >= 4 is 33.9 Å². The number of hydrogen-bond acceptors (Lipinski definition) is 4. The van der Waals surface area contributed by atoms with Crippen LogP contribution in [0.25, 0.3) is 22.2 Å². The third-order valence-corrected chi connectivity index (χ3v) is 5.13. The number of amides is 1. The van der Waals surface area contributed by atoms with E-state index >= 15 is 0 Å². The van der Waals surface area contributed by atoms with Gasteiger partial charge in [0.25, 0.3) is 5.91 Å². The molecular formula is C23H25N5O. The molecule has 0 fully saturated rings. The van der Waals surface area contributed by atoms with Gasteiger partial charge in [-0.3, -0.25) is 4.79 Å². The van der Waals surface area contributed by atoms with Gasteiger partial charge in [0.1, 0.15) is 16.9 Å². The summed E-state index contributed by atoms with van der Waals surface area (Å²) in [5, 5.41) is 2.99. The third kappa shape index (κ3) is 3.66. The minimum Gasteiger partial charge on any atom is -0.384 e. The lowest BCUT2D eigenvalue weighted by Crippen LogP contribution is -2.24. The van der Waals surface area contributed by atoms with Crippen molar-refractivity contribution in [1.82, 2.24) is 19.9 Å². The first kappa shape index (κ1) is 18.9. The van der Waals surface area contributed by atoms with Crippen molar-refractivity contribution in [1.29, 1.82) is 0 Å². The molecule has 4 aromatic rings. The summed E-state index contributed by atoms with van der Waals surface area (Å²) in [6, 6.07) is 15.8. The van der Waals surface area contributed by atoms with Crippen LogP contribution in [0, 0.1) is 6.92 Å². The highest BCUT2D eigenvalue weighted by Crippen LogP contribution is 2.28. The number of nitrogens with zero attached hydrogens (tertiary/aromatic N) is 3. The summed E-state index contributed by atoms with van der Waals surface area (Å²) in [7, 11) is 0. The molecule has 0 spiro atoms. The van der Waals surface area contributed by atoms with E-state index in [2.05, 4.69) is 12.2 Å². The van der Waals surface area contributed by atoms with E-state index in [0.29, 0.717) is 35.6 Å². The molecule has 6 heteroatoms. The molecule has 0 saturated heterocycles. The fraction of sp³-hybridized carbons (Fsp3) is 0.261. The smallest absolute Gasteiger partial charge is 0.257 e. The highest BCUT2D eigenvalue weighted by atomic mass is 16.1. The van der Waals surface area contributed by atoms with Crippen molar-refractivity contribution in [2.24, 2.45) is 0 Å². The molecule has 0 unspecified atom stereocenters. The zero-order chi connectivity index (χ0) is 20.4. The summed E-state index contributed by atoms with van der Waals surface area (Å²) in [4.78, 5) is 22.6. The lowest BCUT2D eigenvalue weighted by molar-refractivity contribution is 0.0953. The second-order valence-corrected chi connectivity index (χ2v) is 7.32. The number of fused-ring (bicyclic) bond motifs is 2. The number of carbonyl (C=O) groups is 1. The second kappa shape index (κ2) is 7.91. The topological polar surface area (TPSA) is 85.8 Å². The van der Waals surface area contributed by atoms with Crippen LogP contribution < -0.4 is 11.1 Å². The predicted molar refractivity (Wildman–Crippen MR) is 117 cm³/mol. The van der Waals surface area contributed by atoms with Crippen LogP contribution >= 0.6 is 0 Å². The van der Waals surface area contributed by atoms with Crippen molar-refractivity contribution in [3.63, 3.8) is 0 Å². The molecule has 2 aromatic heterocycles. The number of aromatic nitrogens is 3. The Hall–Kier alpha value is -3.41. The van der Waals surface area contributed by atoms with Crippen LogP contribution in [0.3, 0.4) is 0 Å². The number of aryl methyl sites for hydroxylation is 2. The molecule has 0 aliphatic carbocycles. The Labute approximate surface area is 169 Å². The van der Waals surface area contributed by atoms with Crippen LogP contribution in [0.5, 0.6) is 0 Å². The van der Waals surface area contributed by atoms with Gasteiger partial charge in [0.05, 0.1) is 11.0 Å². The molecule has 29 heavy (non-hydrogen) atoms. The molecule has 2 aromatic carbocycles. The summed E-state index contributed by atoms with van der Waals surface area (Å²) < 4.78 is 1.92. The van der Waals surface area contributed by atoms with Gasteiger partial charge in [-0.25, -0.2) is 9.97 Å². The van der Waals surface area contributed by atoms with Crippen LogP contribution in [0.2, 0.25) is 0 Å². The molecule has 0 bridgehead atoms. The van der Waals surface area contributed by atoms with Gasteiger partial charge >= 0.3 is 0 Å². The Morgan fingerprint density at radius 2 is 1.76 bits per heavy atom. The Kier molecular flexibility index (Phi) is 5.16. The predicted octanol–water partition coefficient (Wildman–Crippen LogP) is 4.21. The van der Waals surface area contributed by atoms with Crippen LogP contribution in [-0.2, 0) is 13.1 Å². The number of carbonyl (C=O) groups excluding carboxylic acids is 1. The Morgan fingerprint density at radius 3 is 2.45 bits per heavy atom. The van der Waals surface area contributed by atoms with Crippen LogP contribution in [0.1, 0.15) is 41.3 Å². The van der Waals surface area contributed by atoms with E-state index in [1.165, 1.54) is 5.56 Å². The molecule has 6 nitrogen and oxygen atoms in total. The zero-order valence-corrected chi connectivity index (χ0v) is 16.8. The first-order valence-corrected chi connectivity index (χ1v) is 9.96. The average molecular weight is 387 g/mol. The molecule has 0 aliphatic heterocycles. The standard InChI is InChI=1S/C23H25N5O/c1-3-4-13-28-21(24)19(23(29)25-14-16-11-9-15(2)10-12-16)20-22(28)27-18-8-6-5-7-17(18)26-20/h5-12H,3-4,13-14,24H2,1-2H3,(H,25,29). The monoisotopic (exact) mass is 387 g/mol. The number of rotatable bonds is 6. The lowest BCUT2D eigenvalue weighted by atomic mass is 10.1. The highest BCUT2D eigenvalue weighted by molar-refractivity contribution is 6.10. The average Bonchev–Trinajstić information content (AvgIpc) is 3.00. The Bertz CT molecular complexity index is 1180. The van der Waals surface area contributed by atoms with Crippen molar-refractivity contribution < 1.29 is 4.79 Å². The van der Waals surface area contributed by atoms with Gasteiger partial charge in [-0.1, -0.05) is 55.3 Å². The maximum absolute atomic E-state index is 13.1. The molecule has 0 radical (unpaired) electrons. The van der Waals surface area contributed by atoms with E-state index in [4.69, 9.17) is 15.7 Å². The number of hydrogen-bond donors (Lipinski definition) is 2. The van der Waals surface area contributed by atoms with E-state index < -0.39 is 0 Å². The third-order valence-electron chi connectivity index (χ3n) is 5.13. The maximum Gasteiger partial charge on any atom is 0.257 e. The number of anilines is 1. The highest BCUT2D eigenvalue weighted by Gasteiger charge is 2.23. The van der Waals surface area contributed by atoms with Gasteiger partial charge in [-0.2, -0.15) is 0 Å². The van der Waals surface area contributed by atoms with Crippen LogP contribution in [-0.4, -0.2) is 20.4 Å². The van der Waals surface area contributed by atoms with E-state index in [1.807, 2.05) is 60.0 Å². The SMILES string of the molecule is CCCCn1c(N)c(C(=O)NCc2ccc(C)cc2)c2nc3ccccc3nc21. The molecule has 3 N–H and O–H groups in total. The Morgan fingerprint density at radius 1 is 1.07 bits per heavy atom. The van der Waals surface area contributed by atoms with E-state index in [1.54, 1.807) is 0 Å². The minimum absolute atomic E-state index is 0.229. The van der Waals surface area contributed by atoms with Crippen LogP contribution in [0.15, 0.2) is 48.5 Å². The molecule has 4 rings (SSSR count). The lowest BCUT2D eigenvalue weighted by Gasteiger charge is -2.08. The number of para-hydroxylation sites is 2. The maximum atomic E-state index is 13.1. The number of nitrogens with one attached hydrogen (secondary N) is 1. The van der Waals surface area contributed by atoms with Gasteiger partial charge in [0.15, 0.2) is 5.65 Å². The van der Waals surface area contributed by atoms with Crippen LogP contribution in [0.4, 0.5) is 5.82 Å². The van der Waals surface area contributed by atoms with Gasteiger partial charge in [0, 0.05) is 13.1 Å². The fourth-order valence-electron chi connectivity index (χ4n) is 3.46. The molecule has 2 heterocycles. The molecule has 148 valence electrons. The minimum atomic E-state index is -0.229. The number of nitrogen functional groups attached to an aromatic ring is 1. The largest absolute Gasteiger partial charge is 0.384 e.